The van der Waals surface area contributed by atoms with Crippen LogP contribution in [0.5, 0.6) is 0 Å². The fraction of sp³-hybridized carbons (Fsp3) is 0. The minimum atomic E-state index is 0.493. The number of nitriles is 1. The van der Waals surface area contributed by atoms with Crippen LogP contribution in [0.1, 0.15) is 5.56 Å². The van der Waals surface area contributed by atoms with E-state index in [4.69, 9.17) is 25.9 Å². The van der Waals surface area contributed by atoms with Crippen LogP contribution in [-0.4, -0.2) is 15.0 Å². The summed E-state index contributed by atoms with van der Waals surface area (Å²) in [7, 11) is 0. The first kappa shape index (κ1) is 34.3. The third kappa shape index (κ3) is 5.44. The summed E-state index contributed by atoms with van der Waals surface area (Å²) >= 11 is 0. The standard InChI is InChI=1S/C55H29N5O/c1-57-39-26-23-37(24-27-39)55-59-53(35-17-15-32(31-56)16-18-35)58-54(60-55)36-21-19-33(20-22-36)47-30-49-46-14-6-11-40(51(46)61-52(49)45-10-3-2-9-41(45)47)38-25-28-42-43-12-4-7-34-8-5-13-44(50(34)43)48(42)29-38/h2-30H. The average Bonchev–Trinajstić information content (AvgIpc) is 3.88. The Balaban J connectivity index is 0.965. The molecule has 1 aliphatic rings. The molecule has 0 fully saturated rings. The topological polar surface area (TPSA) is 80.0 Å². The molecule has 2 heterocycles. The predicted molar refractivity (Wildman–Crippen MR) is 245 cm³/mol. The Bertz CT molecular complexity index is 3620. The summed E-state index contributed by atoms with van der Waals surface area (Å²) in [6.45, 7) is 7.39. The molecule has 12 rings (SSSR count). The second-order valence-corrected chi connectivity index (χ2v) is 15.3. The van der Waals surface area contributed by atoms with Gasteiger partial charge in [0.25, 0.3) is 0 Å². The summed E-state index contributed by atoms with van der Waals surface area (Å²) in [5.41, 5.74) is 14.6. The molecule has 9 aromatic carbocycles. The van der Waals surface area contributed by atoms with Crippen molar-refractivity contribution >= 4 is 49.2 Å². The lowest BCUT2D eigenvalue weighted by Gasteiger charge is -2.11. The molecule has 6 heteroatoms. The van der Waals surface area contributed by atoms with Gasteiger partial charge in [-0.2, -0.15) is 5.26 Å². The van der Waals surface area contributed by atoms with Gasteiger partial charge in [-0.1, -0.05) is 140 Å². The van der Waals surface area contributed by atoms with E-state index in [-0.39, 0.29) is 0 Å². The molecule has 0 radical (unpaired) electrons. The van der Waals surface area contributed by atoms with Crippen LogP contribution in [-0.2, 0) is 0 Å². The van der Waals surface area contributed by atoms with E-state index in [1.54, 1.807) is 24.3 Å². The normalized spacial score (nSPS) is 11.6. The van der Waals surface area contributed by atoms with Gasteiger partial charge in [0, 0.05) is 38.4 Å². The Hall–Kier alpha value is -8.71. The molecule has 0 bridgehead atoms. The highest BCUT2D eigenvalue weighted by molar-refractivity contribution is 6.21. The van der Waals surface area contributed by atoms with Crippen molar-refractivity contribution in [3.05, 3.63) is 193 Å². The summed E-state index contributed by atoms with van der Waals surface area (Å²) in [6.07, 6.45) is 0. The fourth-order valence-electron chi connectivity index (χ4n) is 8.99. The SMILES string of the molecule is [C-]#[N+]c1ccc(-c2nc(-c3ccc(C#N)cc3)nc(-c3ccc(-c4cc5c6cccc(-c7ccc8c(c7)-c7cccc9cccc-8c79)c6oc5c5ccccc45)cc3)n2)cc1. The molecule has 280 valence electrons. The first-order valence-corrected chi connectivity index (χ1v) is 20.0. The Morgan fingerprint density at radius 2 is 0.967 bits per heavy atom. The minimum absolute atomic E-state index is 0.493. The molecule has 0 saturated carbocycles. The summed E-state index contributed by atoms with van der Waals surface area (Å²) in [5.74, 6) is 1.51. The minimum Gasteiger partial charge on any atom is -0.455 e. The van der Waals surface area contributed by atoms with Gasteiger partial charge in [0.2, 0.25) is 0 Å². The van der Waals surface area contributed by atoms with Crippen LogP contribution in [0.2, 0.25) is 0 Å². The molecule has 61 heavy (non-hydrogen) atoms. The highest BCUT2D eigenvalue weighted by Gasteiger charge is 2.23. The Morgan fingerprint density at radius 1 is 0.426 bits per heavy atom. The molecule has 0 amide bonds. The summed E-state index contributed by atoms with van der Waals surface area (Å²) in [6, 6.07) is 62.1. The zero-order valence-electron chi connectivity index (χ0n) is 32.4. The average molecular weight is 776 g/mol. The lowest BCUT2D eigenvalue weighted by Crippen LogP contribution is -2.00. The van der Waals surface area contributed by atoms with Gasteiger partial charge in [0.15, 0.2) is 23.2 Å². The molecular formula is C55H29N5O. The van der Waals surface area contributed by atoms with Gasteiger partial charge >= 0.3 is 0 Å². The van der Waals surface area contributed by atoms with Gasteiger partial charge in [-0.3, -0.25) is 0 Å². The first-order chi connectivity index (χ1) is 30.1. The monoisotopic (exact) mass is 775 g/mol. The zero-order valence-corrected chi connectivity index (χ0v) is 32.4. The number of fused-ring (bicyclic) bond motifs is 8. The van der Waals surface area contributed by atoms with Crippen molar-refractivity contribution in [1.29, 1.82) is 5.26 Å². The van der Waals surface area contributed by atoms with E-state index in [0.29, 0.717) is 28.7 Å². The van der Waals surface area contributed by atoms with Crippen molar-refractivity contribution in [2.45, 2.75) is 0 Å². The molecule has 0 unspecified atom stereocenters. The quantitative estimate of drug-likeness (QED) is 0.163. The van der Waals surface area contributed by atoms with Crippen molar-refractivity contribution in [2.24, 2.45) is 0 Å². The van der Waals surface area contributed by atoms with E-state index in [1.165, 1.54) is 33.0 Å². The number of para-hydroxylation sites is 1. The third-order valence-corrected chi connectivity index (χ3v) is 11.9. The summed E-state index contributed by atoms with van der Waals surface area (Å²) in [5, 5.41) is 16.2. The van der Waals surface area contributed by atoms with Crippen molar-refractivity contribution in [3.63, 3.8) is 0 Å². The molecule has 0 atom stereocenters. The number of hydrogen-bond acceptors (Lipinski definition) is 5. The largest absolute Gasteiger partial charge is 0.455 e. The van der Waals surface area contributed by atoms with Gasteiger partial charge in [0.05, 0.1) is 18.2 Å². The van der Waals surface area contributed by atoms with E-state index in [0.717, 1.165) is 71.7 Å². The zero-order chi connectivity index (χ0) is 40.6. The van der Waals surface area contributed by atoms with Crippen LogP contribution in [0.3, 0.4) is 0 Å². The Kier molecular flexibility index (Phi) is 7.56. The molecule has 0 spiro atoms. The summed E-state index contributed by atoms with van der Waals surface area (Å²) in [4.78, 5) is 18.2. The molecule has 0 saturated heterocycles. The maximum Gasteiger partial charge on any atom is 0.187 e. The number of furan rings is 1. The number of rotatable bonds is 5. The van der Waals surface area contributed by atoms with Gasteiger partial charge in [-0.25, -0.2) is 19.8 Å². The van der Waals surface area contributed by atoms with Crippen molar-refractivity contribution in [2.75, 3.05) is 0 Å². The van der Waals surface area contributed by atoms with E-state index < -0.39 is 0 Å². The second-order valence-electron chi connectivity index (χ2n) is 15.3. The number of benzene rings is 9. The predicted octanol–water partition coefficient (Wildman–Crippen LogP) is 14.5. The van der Waals surface area contributed by atoms with E-state index in [2.05, 4.69) is 138 Å². The summed E-state index contributed by atoms with van der Waals surface area (Å²) < 4.78 is 6.93. The van der Waals surface area contributed by atoms with Crippen LogP contribution in [0.25, 0.3) is 127 Å². The van der Waals surface area contributed by atoms with Gasteiger partial charge in [-0.05, 0) is 91.5 Å². The maximum absolute atomic E-state index is 9.38. The highest BCUT2D eigenvalue weighted by atomic mass is 16.3. The third-order valence-electron chi connectivity index (χ3n) is 11.9. The highest BCUT2D eigenvalue weighted by Crippen LogP contribution is 2.49. The number of aromatic nitrogens is 3. The molecule has 0 N–H and O–H groups in total. The van der Waals surface area contributed by atoms with Crippen molar-refractivity contribution in [1.82, 2.24) is 15.0 Å². The van der Waals surface area contributed by atoms with Crippen LogP contribution >= 0.6 is 0 Å². The molecule has 0 aliphatic heterocycles. The molecule has 1 aliphatic carbocycles. The van der Waals surface area contributed by atoms with Gasteiger partial charge < -0.3 is 4.42 Å². The molecule has 11 aromatic rings. The van der Waals surface area contributed by atoms with Crippen LogP contribution in [0, 0.1) is 17.9 Å². The second kappa shape index (κ2) is 13.4. The molecule has 6 nitrogen and oxygen atoms in total. The van der Waals surface area contributed by atoms with Crippen LogP contribution in [0.4, 0.5) is 5.69 Å². The van der Waals surface area contributed by atoms with Crippen LogP contribution in [0.15, 0.2) is 180 Å². The van der Waals surface area contributed by atoms with Gasteiger partial charge in [0.1, 0.15) is 11.2 Å². The smallest absolute Gasteiger partial charge is 0.187 e. The van der Waals surface area contributed by atoms with Crippen molar-refractivity contribution < 1.29 is 4.42 Å². The van der Waals surface area contributed by atoms with E-state index >= 15 is 0 Å². The Labute approximate surface area is 350 Å². The van der Waals surface area contributed by atoms with Crippen LogP contribution < -0.4 is 0 Å². The molecular weight excluding hydrogens is 747 g/mol. The molecule has 2 aromatic heterocycles. The van der Waals surface area contributed by atoms with E-state index in [1.807, 2.05) is 24.3 Å². The van der Waals surface area contributed by atoms with Crippen molar-refractivity contribution in [3.8, 4) is 84.7 Å². The fourth-order valence-corrected chi connectivity index (χ4v) is 8.99. The van der Waals surface area contributed by atoms with Gasteiger partial charge in [-0.15, -0.1) is 0 Å². The first-order valence-electron chi connectivity index (χ1n) is 20.0. The lowest BCUT2D eigenvalue weighted by atomic mass is 9.93. The number of hydrogen-bond donors (Lipinski definition) is 0. The Morgan fingerprint density at radius 3 is 1.64 bits per heavy atom. The lowest BCUT2D eigenvalue weighted by molar-refractivity contribution is 0.674. The van der Waals surface area contributed by atoms with E-state index in [9.17, 15) is 5.26 Å². The maximum atomic E-state index is 9.38. The number of nitrogens with zero attached hydrogens (tertiary/aromatic N) is 5.